The van der Waals surface area contributed by atoms with Crippen LogP contribution in [0.3, 0.4) is 0 Å². The van der Waals surface area contributed by atoms with E-state index in [0.717, 1.165) is 67.6 Å². The van der Waals surface area contributed by atoms with Crippen LogP contribution in [0, 0.1) is 0 Å². The van der Waals surface area contributed by atoms with Crippen molar-refractivity contribution in [3.8, 4) is 72.4 Å². The van der Waals surface area contributed by atoms with Crippen molar-refractivity contribution in [3.63, 3.8) is 0 Å². The Morgan fingerprint density at radius 3 is 1.04 bits per heavy atom. The van der Waals surface area contributed by atoms with Crippen molar-refractivity contribution in [2.45, 2.75) is 52.4 Å². The van der Waals surface area contributed by atoms with Gasteiger partial charge in [-0.1, -0.05) is 302 Å². The van der Waals surface area contributed by atoms with E-state index in [1.807, 2.05) is 0 Å². The average molecular weight is 1200 g/mol. The molecule has 3 heterocycles. The van der Waals surface area contributed by atoms with Crippen LogP contribution < -0.4 is 26.2 Å². The summed E-state index contributed by atoms with van der Waals surface area (Å²) in [5, 5.41) is 4.84. The van der Waals surface area contributed by atoms with Crippen molar-refractivity contribution in [2.24, 2.45) is 0 Å². The monoisotopic (exact) mass is 1200 g/mol. The highest BCUT2D eigenvalue weighted by atomic mass is 15.2. The van der Waals surface area contributed by atoms with E-state index in [4.69, 9.17) is 0 Å². The van der Waals surface area contributed by atoms with Gasteiger partial charge in [-0.05, 0) is 143 Å². The quantitative estimate of drug-likeness (QED) is 0.133. The Kier molecular flexibility index (Phi) is 13.5. The maximum Gasteiger partial charge on any atom is 0.252 e. The molecular formula is C90H70BN3. The number of para-hydroxylation sites is 1. The molecule has 0 N–H and O–H groups in total. The molecule has 2 aliphatic rings. The third-order valence-electron chi connectivity index (χ3n) is 19.8. The molecule has 1 aromatic heterocycles. The lowest BCUT2D eigenvalue weighted by Gasteiger charge is -2.46. The Balaban J connectivity index is 1.11. The van der Waals surface area contributed by atoms with Crippen LogP contribution in [-0.2, 0) is 10.8 Å². The summed E-state index contributed by atoms with van der Waals surface area (Å²) in [6.45, 7) is 13.9. The Hall–Kier alpha value is -11.2. The van der Waals surface area contributed by atoms with E-state index in [0.29, 0.717) is 0 Å². The zero-order valence-electron chi connectivity index (χ0n) is 53.9. The summed E-state index contributed by atoms with van der Waals surface area (Å²) in [6, 6.07) is 119. The van der Waals surface area contributed by atoms with E-state index in [2.05, 4.69) is 371 Å². The van der Waals surface area contributed by atoms with Crippen molar-refractivity contribution >= 4 is 89.8 Å². The van der Waals surface area contributed by atoms with Gasteiger partial charge in [0.15, 0.2) is 0 Å². The molecule has 3 nitrogen and oxygen atoms in total. The van der Waals surface area contributed by atoms with Crippen LogP contribution in [0.25, 0.3) is 105 Å². The zero-order chi connectivity index (χ0) is 63.4. The Morgan fingerprint density at radius 2 is 0.638 bits per heavy atom. The van der Waals surface area contributed by atoms with Gasteiger partial charge in [-0.2, -0.15) is 0 Å². The summed E-state index contributed by atoms with van der Waals surface area (Å²) < 4.78 is 2.59. The predicted molar refractivity (Wildman–Crippen MR) is 402 cm³/mol. The van der Waals surface area contributed by atoms with Crippen LogP contribution in [0.5, 0.6) is 0 Å². The molecule has 0 unspecified atom stereocenters. The highest BCUT2D eigenvalue weighted by Crippen LogP contribution is 2.55. The van der Waals surface area contributed by atoms with Gasteiger partial charge in [0.1, 0.15) is 0 Å². The lowest BCUT2D eigenvalue weighted by Crippen LogP contribution is -2.61. The van der Waals surface area contributed by atoms with E-state index in [1.54, 1.807) is 0 Å². The summed E-state index contributed by atoms with van der Waals surface area (Å²) >= 11 is 0. The molecule has 15 aromatic rings. The second-order valence-electron chi connectivity index (χ2n) is 27.6. The van der Waals surface area contributed by atoms with Crippen molar-refractivity contribution in [1.82, 2.24) is 4.57 Å². The number of rotatable bonds is 9. The lowest BCUT2D eigenvalue weighted by atomic mass is 9.33. The van der Waals surface area contributed by atoms with Gasteiger partial charge in [-0.15, -0.1) is 0 Å². The van der Waals surface area contributed by atoms with Crippen molar-refractivity contribution in [3.05, 3.63) is 327 Å². The van der Waals surface area contributed by atoms with Crippen LogP contribution in [0.1, 0.15) is 52.7 Å². The molecule has 14 aromatic carbocycles. The molecule has 0 fully saturated rings. The summed E-state index contributed by atoms with van der Waals surface area (Å²) in [7, 11) is 0. The maximum atomic E-state index is 2.70. The molecule has 2 aliphatic heterocycles. The van der Waals surface area contributed by atoms with Gasteiger partial charge in [-0.3, -0.25) is 0 Å². The smallest absolute Gasteiger partial charge is 0.252 e. The first kappa shape index (κ1) is 56.8. The van der Waals surface area contributed by atoms with Gasteiger partial charge in [-0.25, -0.2) is 0 Å². The molecule has 4 heteroatoms. The van der Waals surface area contributed by atoms with E-state index in [-0.39, 0.29) is 17.5 Å². The number of benzene rings is 14. The van der Waals surface area contributed by atoms with Gasteiger partial charge >= 0.3 is 0 Å². The number of aromatic nitrogens is 1. The molecule has 0 saturated carbocycles. The second kappa shape index (κ2) is 22.3. The normalized spacial score (nSPS) is 12.7. The van der Waals surface area contributed by atoms with Gasteiger partial charge < -0.3 is 14.4 Å². The van der Waals surface area contributed by atoms with E-state index >= 15 is 0 Å². The van der Waals surface area contributed by atoms with Crippen molar-refractivity contribution < 1.29 is 0 Å². The Morgan fingerprint density at radius 1 is 0.277 bits per heavy atom. The first-order valence-electron chi connectivity index (χ1n) is 33.1. The minimum Gasteiger partial charge on any atom is -0.310 e. The number of anilines is 6. The number of fused-ring (bicyclic) bond motifs is 9. The van der Waals surface area contributed by atoms with Gasteiger partial charge in [0.2, 0.25) is 0 Å². The molecule has 0 aliphatic carbocycles. The molecule has 17 rings (SSSR count). The fourth-order valence-electron chi connectivity index (χ4n) is 15.2. The largest absolute Gasteiger partial charge is 0.310 e. The Labute approximate surface area is 552 Å². The van der Waals surface area contributed by atoms with Gasteiger partial charge in [0.05, 0.1) is 28.1 Å². The fraction of sp³-hybridized carbons (Fsp3) is 0.0889. The SMILES string of the molecule is CC(C)(C)c1cc(-c2ccccc2)c(N2c3ccc(-c4ccccc4)cc3B3c4cc(-c5ccccc5)ccc4N(c4c(-c5ccccc5)cc(C(C)(C)C)cc4-c4ccccc4)c4cc(-n5c6ccccc6c6ccc7ccccc7c65)cc2c43)c(-c2ccccc2)c1. The maximum absolute atomic E-state index is 2.70. The molecule has 448 valence electrons. The number of hydrogen-bond donors (Lipinski definition) is 0. The predicted octanol–water partition coefficient (Wildman–Crippen LogP) is 22.6. The zero-order valence-corrected chi connectivity index (χ0v) is 53.9. The number of nitrogens with zero attached hydrogens (tertiary/aromatic N) is 3. The van der Waals surface area contributed by atoms with Crippen LogP contribution in [0.4, 0.5) is 34.1 Å². The average Bonchev–Trinajstić information content (AvgIpc) is 0.819. The van der Waals surface area contributed by atoms with Crippen molar-refractivity contribution in [1.29, 1.82) is 0 Å². The fourth-order valence-corrected chi connectivity index (χ4v) is 15.2. The van der Waals surface area contributed by atoms with Crippen LogP contribution >= 0.6 is 0 Å². The minimum atomic E-state index is -0.244. The first-order chi connectivity index (χ1) is 45.9. The van der Waals surface area contributed by atoms with E-state index in [1.165, 1.54) is 99.1 Å². The molecule has 0 radical (unpaired) electrons. The summed E-state index contributed by atoms with van der Waals surface area (Å²) in [4.78, 5) is 5.41. The molecule has 0 saturated heterocycles. The van der Waals surface area contributed by atoms with Gasteiger partial charge in [0, 0.05) is 61.2 Å². The summed E-state index contributed by atoms with van der Waals surface area (Å²) in [5.74, 6) is 0. The van der Waals surface area contributed by atoms with Crippen molar-refractivity contribution in [2.75, 3.05) is 9.80 Å². The van der Waals surface area contributed by atoms with E-state index in [9.17, 15) is 0 Å². The molecule has 0 spiro atoms. The summed E-state index contributed by atoms with van der Waals surface area (Å²) in [6.07, 6.45) is 0. The molecule has 0 bridgehead atoms. The highest BCUT2D eigenvalue weighted by molar-refractivity contribution is 7.00. The molecule has 0 amide bonds. The number of hydrogen-bond acceptors (Lipinski definition) is 2. The second-order valence-corrected chi connectivity index (χ2v) is 27.6. The van der Waals surface area contributed by atoms with Crippen LogP contribution in [0.2, 0.25) is 0 Å². The first-order valence-corrected chi connectivity index (χ1v) is 33.1. The minimum absolute atomic E-state index is 0.185. The van der Waals surface area contributed by atoms with E-state index < -0.39 is 0 Å². The highest BCUT2D eigenvalue weighted by Gasteiger charge is 2.46. The van der Waals surface area contributed by atoms with Crippen LogP contribution in [0.15, 0.2) is 315 Å². The molecule has 94 heavy (non-hydrogen) atoms. The Bertz CT molecular complexity index is 5050. The molecule has 0 atom stereocenters. The standard InChI is InChI=1S/C90H70BN3/c1-89(2,3)68-53-74(61-33-17-9-18-34-61)87(75(54-68)62-35-19-10-20-36-62)93-81-49-46-66(59-29-13-7-14-30-59)51-78(81)91-79-52-67(60-31-15-8-16-32-60)47-50-82(79)94(88-76(63-37-21-11-22-38-63)55-69(90(4,5)6)56-77(88)64-39-23-12-24-40-64)84-58-70(57-83(93)85(84)91)92-80-44-28-27-43-72(80)73-48-45-65-41-25-26-42-71(65)86(73)92/h7-58H,1-6H3. The van der Waals surface area contributed by atoms with Crippen LogP contribution in [-0.4, -0.2) is 11.3 Å². The summed E-state index contributed by atoms with van der Waals surface area (Å²) in [5.41, 5.74) is 30.1. The lowest BCUT2D eigenvalue weighted by molar-refractivity contribution is 0.590. The van der Waals surface area contributed by atoms with Gasteiger partial charge in [0.25, 0.3) is 6.71 Å². The topological polar surface area (TPSA) is 11.4 Å². The molecular weight excluding hydrogens is 1130 g/mol. The third-order valence-corrected chi connectivity index (χ3v) is 19.8. The third kappa shape index (κ3) is 9.41.